The lowest BCUT2D eigenvalue weighted by Gasteiger charge is -2.00. The number of carbonyl (C=O) groups is 1. The van der Waals surface area contributed by atoms with Crippen molar-refractivity contribution in [2.75, 3.05) is 0 Å². The Bertz CT molecular complexity index is 296. The van der Waals surface area contributed by atoms with Crippen molar-refractivity contribution in [3.8, 4) is 0 Å². The predicted molar refractivity (Wildman–Crippen MR) is 44.7 cm³/mol. The summed E-state index contributed by atoms with van der Waals surface area (Å²) in [6, 6.07) is 0.306. The van der Waals surface area contributed by atoms with Gasteiger partial charge in [0.15, 0.2) is 6.39 Å². The molecule has 70 valence electrons. The number of oxazole rings is 1. The van der Waals surface area contributed by atoms with Gasteiger partial charge in [-0.05, 0) is 6.42 Å². The van der Waals surface area contributed by atoms with E-state index in [9.17, 15) is 4.79 Å². The highest BCUT2D eigenvalue weighted by molar-refractivity contribution is 5.78. The van der Waals surface area contributed by atoms with Crippen molar-refractivity contribution in [2.45, 2.75) is 24.9 Å². The zero-order chi connectivity index (χ0) is 9.26. The number of rotatable bonds is 3. The second-order valence-corrected chi connectivity index (χ2v) is 3.23. The summed E-state index contributed by atoms with van der Waals surface area (Å²) in [6.07, 6.45) is 3.92. The second kappa shape index (κ2) is 3.18. The fraction of sp³-hybridized carbons (Fsp3) is 0.500. The molecule has 0 bridgehead atoms. The Morgan fingerprint density at radius 3 is 3.15 bits per heavy atom. The van der Waals surface area contributed by atoms with Crippen LogP contribution in [0.5, 0.6) is 0 Å². The van der Waals surface area contributed by atoms with E-state index in [1.54, 1.807) is 0 Å². The molecule has 3 N–H and O–H groups in total. The van der Waals surface area contributed by atoms with Crippen LogP contribution in [0.2, 0.25) is 0 Å². The Morgan fingerprint density at radius 2 is 2.62 bits per heavy atom. The fourth-order valence-electron chi connectivity index (χ4n) is 1.13. The zero-order valence-electron chi connectivity index (χ0n) is 7.06. The number of amides is 1. The third-order valence-electron chi connectivity index (χ3n) is 2.01. The highest BCUT2D eigenvalue weighted by Crippen LogP contribution is 2.17. The Kier molecular flexibility index (Phi) is 2.02. The van der Waals surface area contributed by atoms with Crippen LogP contribution in [-0.2, 0) is 11.2 Å². The van der Waals surface area contributed by atoms with Crippen LogP contribution in [0.4, 0.5) is 0 Å². The molecule has 13 heavy (non-hydrogen) atoms. The van der Waals surface area contributed by atoms with Gasteiger partial charge in [-0.3, -0.25) is 4.79 Å². The molecule has 2 unspecified atom stereocenters. The van der Waals surface area contributed by atoms with Crippen LogP contribution >= 0.6 is 0 Å². The van der Waals surface area contributed by atoms with Crippen LogP contribution in [-0.4, -0.2) is 23.0 Å². The highest BCUT2D eigenvalue weighted by atomic mass is 16.3. The van der Waals surface area contributed by atoms with Gasteiger partial charge in [-0.1, -0.05) is 0 Å². The maximum Gasteiger partial charge on any atom is 0.226 e. The van der Waals surface area contributed by atoms with Gasteiger partial charge in [0.05, 0.1) is 12.1 Å². The van der Waals surface area contributed by atoms with E-state index < -0.39 is 0 Å². The lowest BCUT2D eigenvalue weighted by atomic mass is 10.3. The molecule has 1 fully saturated rings. The molecular formula is C8H11N3O2. The van der Waals surface area contributed by atoms with E-state index in [4.69, 9.17) is 10.2 Å². The summed E-state index contributed by atoms with van der Waals surface area (Å²) in [5, 5.41) is 2.80. The minimum absolute atomic E-state index is 0.0492. The molecule has 5 nitrogen and oxygen atoms in total. The van der Waals surface area contributed by atoms with Gasteiger partial charge in [0.1, 0.15) is 6.26 Å². The molecular weight excluding hydrogens is 170 g/mol. The normalized spacial score (nSPS) is 25.6. The fourth-order valence-corrected chi connectivity index (χ4v) is 1.13. The number of nitrogens with two attached hydrogens (primary N) is 1. The quantitative estimate of drug-likeness (QED) is 0.654. The van der Waals surface area contributed by atoms with Crippen LogP contribution < -0.4 is 11.1 Å². The summed E-state index contributed by atoms with van der Waals surface area (Å²) in [5.41, 5.74) is 6.18. The van der Waals surface area contributed by atoms with Gasteiger partial charge in [0.2, 0.25) is 5.91 Å². The largest absolute Gasteiger partial charge is 0.451 e. The van der Waals surface area contributed by atoms with Crippen LogP contribution in [0.3, 0.4) is 0 Å². The Balaban J connectivity index is 1.79. The third kappa shape index (κ3) is 2.06. The first-order valence-electron chi connectivity index (χ1n) is 4.17. The standard InChI is InChI=1S/C8H11N3O2/c9-6-2-7(6)11-8(12)1-5-3-13-4-10-5/h3-4,6-7H,1-2,9H2,(H,11,12). The monoisotopic (exact) mass is 181 g/mol. The molecule has 1 heterocycles. The van der Waals surface area contributed by atoms with Crippen LogP contribution in [0.25, 0.3) is 0 Å². The first-order valence-corrected chi connectivity index (χ1v) is 4.17. The summed E-state index contributed by atoms with van der Waals surface area (Å²) in [7, 11) is 0. The van der Waals surface area contributed by atoms with Crippen LogP contribution in [0, 0.1) is 0 Å². The zero-order valence-corrected chi connectivity index (χ0v) is 7.06. The molecule has 2 rings (SSSR count). The van der Waals surface area contributed by atoms with Gasteiger partial charge < -0.3 is 15.5 Å². The Labute approximate surface area is 75.3 Å². The molecule has 1 saturated carbocycles. The van der Waals surface area contributed by atoms with Crippen molar-refractivity contribution in [2.24, 2.45) is 5.73 Å². The first kappa shape index (κ1) is 8.25. The van der Waals surface area contributed by atoms with Crippen molar-refractivity contribution >= 4 is 5.91 Å². The molecule has 1 aliphatic rings. The van der Waals surface area contributed by atoms with Gasteiger partial charge in [-0.2, -0.15) is 0 Å². The average Bonchev–Trinajstić information content (AvgIpc) is 2.61. The van der Waals surface area contributed by atoms with E-state index in [0.29, 0.717) is 5.69 Å². The molecule has 5 heteroatoms. The molecule has 1 amide bonds. The van der Waals surface area contributed by atoms with Crippen molar-refractivity contribution in [3.63, 3.8) is 0 Å². The van der Waals surface area contributed by atoms with Crippen LogP contribution in [0.1, 0.15) is 12.1 Å². The molecule has 2 atom stereocenters. The molecule has 0 radical (unpaired) electrons. The number of nitrogens with zero attached hydrogens (tertiary/aromatic N) is 1. The number of nitrogens with one attached hydrogen (secondary N) is 1. The van der Waals surface area contributed by atoms with Gasteiger partial charge in [-0.15, -0.1) is 0 Å². The van der Waals surface area contributed by atoms with Crippen LogP contribution in [0.15, 0.2) is 17.1 Å². The molecule has 0 aromatic carbocycles. The topological polar surface area (TPSA) is 81.1 Å². The van der Waals surface area contributed by atoms with E-state index in [1.165, 1.54) is 12.7 Å². The van der Waals surface area contributed by atoms with Gasteiger partial charge in [0, 0.05) is 12.1 Å². The number of hydrogen-bond donors (Lipinski definition) is 2. The van der Waals surface area contributed by atoms with Crippen molar-refractivity contribution in [1.29, 1.82) is 0 Å². The third-order valence-corrected chi connectivity index (χ3v) is 2.01. The Hall–Kier alpha value is -1.36. The lowest BCUT2D eigenvalue weighted by Crippen LogP contribution is -2.30. The summed E-state index contributed by atoms with van der Waals surface area (Å²) in [5.74, 6) is -0.0492. The lowest BCUT2D eigenvalue weighted by molar-refractivity contribution is -0.120. The Morgan fingerprint density at radius 1 is 1.85 bits per heavy atom. The highest BCUT2D eigenvalue weighted by Gasteiger charge is 2.34. The SMILES string of the molecule is NC1CC1NC(=O)Cc1cocn1. The van der Waals surface area contributed by atoms with Crippen molar-refractivity contribution in [1.82, 2.24) is 10.3 Å². The van der Waals surface area contributed by atoms with Gasteiger partial charge in [-0.25, -0.2) is 4.98 Å². The smallest absolute Gasteiger partial charge is 0.226 e. The summed E-state index contributed by atoms with van der Waals surface area (Å²) in [6.45, 7) is 0. The first-order chi connectivity index (χ1) is 6.25. The molecule has 0 saturated heterocycles. The minimum Gasteiger partial charge on any atom is -0.451 e. The molecule has 1 aromatic heterocycles. The average molecular weight is 181 g/mol. The van der Waals surface area contributed by atoms with E-state index in [2.05, 4.69) is 10.3 Å². The van der Waals surface area contributed by atoms with Gasteiger partial charge in [0.25, 0.3) is 0 Å². The van der Waals surface area contributed by atoms with Crippen molar-refractivity contribution < 1.29 is 9.21 Å². The maximum atomic E-state index is 11.3. The molecule has 1 aliphatic carbocycles. The van der Waals surface area contributed by atoms with E-state index in [-0.39, 0.29) is 24.4 Å². The number of aromatic nitrogens is 1. The number of carbonyl (C=O) groups excluding carboxylic acids is 1. The second-order valence-electron chi connectivity index (χ2n) is 3.23. The van der Waals surface area contributed by atoms with Gasteiger partial charge >= 0.3 is 0 Å². The summed E-state index contributed by atoms with van der Waals surface area (Å²) >= 11 is 0. The summed E-state index contributed by atoms with van der Waals surface area (Å²) < 4.78 is 4.74. The number of hydrogen-bond acceptors (Lipinski definition) is 4. The molecule has 1 aromatic rings. The predicted octanol–water partition coefficient (Wildman–Crippen LogP) is -0.567. The van der Waals surface area contributed by atoms with Crippen molar-refractivity contribution in [3.05, 3.63) is 18.4 Å². The van der Waals surface area contributed by atoms with E-state index in [1.807, 2.05) is 0 Å². The van der Waals surface area contributed by atoms with E-state index >= 15 is 0 Å². The molecule has 0 aliphatic heterocycles. The summed E-state index contributed by atoms with van der Waals surface area (Å²) in [4.78, 5) is 15.1. The van der Waals surface area contributed by atoms with E-state index in [0.717, 1.165) is 6.42 Å². The molecule has 0 spiro atoms. The maximum absolute atomic E-state index is 11.3. The minimum atomic E-state index is -0.0492.